The van der Waals surface area contributed by atoms with Crippen LogP contribution in [0, 0.1) is 5.41 Å². The predicted molar refractivity (Wildman–Crippen MR) is 141 cm³/mol. The van der Waals surface area contributed by atoms with E-state index in [0.29, 0.717) is 11.6 Å². The maximum atomic E-state index is 10.1. The first-order valence-corrected chi connectivity index (χ1v) is 12.4. The van der Waals surface area contributed by atoms with Crippen molar-refractivity contribution in [3.63, 3.8) is 0 Å². The van der Waals surface area contributed by atoms with Crippen LogP contribution in [-0.2, 0) is 12.8 Å². The number of benzene rings is 1. The minimum Gasteiger partial charge on any atom is -0.508 e. The molecule has 0 saturated heterocycles. The number of aliphatic imine (C=N–C) groups is 1. The lowest BCUT2D eigenvalue weighted by Gasteiger charge is -2.47. The molecule has 34 heavy (non-hydrogen) atoms. The van der Waals surface area contributed by atoms with Crippen molar-refractivity contribution in [2.75, 3.05) is 0 Å². The molecule has 3 N–H and O–H groups in total. The zero-order valence-electron chi connectivity index (χ0n) is 20.8. The summed E-state index contributed by atoms with van der Waals surface area (Å²) in [7, 11) is 0. The van der Waals surface area contributed by atoms with Gasteiger partial charge in [-0.3, -0.25) is 10.3 Å². The summed E-state index contributed by atoms with van der Waals surface area (Å²) in [6, 6.07) is 5.55. The summed E-state index contributed by atoms with van der Waals surface area (Å²) in [5.74, 6) is 0.0638. The Kier molecular flexibility index (Phi) is 5.56. The molecular weight excluding hydrogens is 420 g/mol. The highest BCUT2D eigenvalue weighted by Crippen LogP contribution is 2.44. The molecule has 4 aliphatic rings. The van der Waals surface area contributed by atoms with E-state index in [4.69, 9.17) is 4.99 Å². The van der Waals surface area contributed by atoms with Gasteiger partial charge in [-0.05, 0) is 65.5 Å². The molecule has 0 radical (unpaired) electrons. The number of allylic oxidation sites excluding steroid dienone is 3. The van der Waals surface area contributed by atoms with Gasteiger partial charge >= 0.3 is 0 Å². The Morgan fingerprint density at radius 2 is 2.03 bits per heavy atom. The standard InChI is InChI=1S/C29H36N4O/c1-7-19-11-24-20(12-23(19)21-14-30-28(31-15-21)32-22-8-9-22)13-27(29(4,5)6)33-16-25(18(3)34)17(2)10-26(24)33/h10-12,14-16,22,27-28,30,32,34H,2-3,7-9,13H2,1,4-6H3. The van der Waals surface area contributed by atoms with Gasteiger partial charge in [-0.25, -0.2) is 0 Å². The Morgan fingerprint density at radius 1 is 1.26 bits per heavy atom. The Bertz CT molecular complexity index is 1170. The molecule has 1 aromatic carbocycles. The molecule has 5 heteroatoms. The van der Waals surface area contributed by atoms with Crippen LogP contribution in [-0.4, -0.2) is 34.6 Å². The molecule has 178 valence electrons. The molecule has 0 amide bonds. The molecule has 3 aliphatic heterocycles. The van der Waals surface area contributed by atoms with Crippen LogP contribution in [0.5, 0.6) is 0 Å². The average molecular weight is 457 g/mol. The number of aryl methyl sites for hydroxylation is 1. The number of fused-ring (bicyclic) bond motifs is 3. The van der Waals surface area contributed by atoms with E-state index in [1.165, 1.54) is 35.1 Å². The maximum absolute atomic E-state index is 10.1. The molecule has 5 rings (SSSR count). The summed E-state index contributed by atoms with van der Waals surface area (Å²) in [5, 5.41) is 17.1. The first-order chi connectivity index (χ1) is 16.2. The highest BCUT2D eigenvalue weighted by molar-refractivity contribution is 6.11. The van der Waals surface area contributed by atoms with Gasteiger partial charge in [0.05, 0.1) is 0 Å². The Morgan fingerprint density at radius 3 is 2.62 bits per heavy atom. The van der Waals surface area contributed by atoms with Crippen molar-refractivity contribution >= 4 is 17.5 Å². The molecule has 2 unspecified atom stereocenters. The minimum absolute atomic E-state index is 0.0292. The topological polar surface area (TPSA) is 59.9 Å². The summed E-state index contributed by atoms with van der Waals surface area (Å²) < 4.78 is 0. The zero-order valence-corrected chi connectivity index (χ0v) is 20.8. The third-order valence-corrected chi connectivity index (χ3v) is 7.29. The lowest BCUT2D eigenvalue weighted by Crippen LogP contribution is -2.45. The fraction of sp³-hybridized carbons (Fsp3) is 0.414. The fourth-order valence-corrected chi connectivity index (χ4v) is 5.15. The molecular formula is C29H36N4O. The number of hydrogen-bond acceptors (Lipinski definition) is 5. The molecule has 1 saturated carbocycles. The van der Waals surface area contributed by atoms with E-state index in [9.17, 15) is 5.11 Å². The van der Waals surface area contributed by atoms with Gasteiger partial charge in [0.2, 0.25) is 0 Å². The van der Waals surface area contributed by atoms with Crippen LogP contribution in [0.2, 0.25) is 0 Å². The van der Waals surface area contributed by atoms with Gasteiger partial charge < -0.3 is 15.3 Å². The normalized spacial score (nSPS) is 23.9. The molecule has 0 bridgehead atoms. The Hall–Kier alpha value is -3.05. The molecule has 1 fully saturated rings. The third kappa shape index (κ3) is 4.14. The molecule has 5 nitrogen and oxygen atoms in total. The van der Waals surface area contributed by atoms with Crippen molar-refractivity contribution in [2.24, 2.45) is 10.4 Å². The molecule has 1 aromatic rings. The van der Waals surface area contributed by atoms with Gasteiger partial charge in [0.1, 0.15) is 5.76 Å². The second kappa shape index (κ2) is 8.31. The van der Waals surface area contributed by atoms with Gasteiger partial charge in [-0.2, -0.15) is 0 Å². The van der Waals surface area contributed by atoms with E-state index >= 15 is 0 Å². The number of nitrogens with one attached hydrogen (secondary N) is 2. The second-order valence-electron chi connectivity index (χ2n) is 10.9. The summed E-state index contributed by atoms with van der Waals surface area (Å²) in [4.78, 5) is 7.05. The predicted octanol–water partition coefficient (Wildman–Crippen LogP) is 5.44. The lowest BCUT2D eigenvalue weighted by molar-refractivity contribution is 0.188. The van der Waals surface area contributed by atoms with Crippen molar-refractivity contribution in [1.82, 2.24) is 15.5 Å². The number of aliphatic hydroxyl groups is 1. The molecule has 0 aromatic heterocycles. The molecule has 2 atom stereocenters. The quantitative estimate of drug-likeness (QED) is 0.517. The third-order valence-electron chi connectivity index (χ3n) is 7.29. The maximum Gasteiger partial charge on any atom is 0.173 e. The van der Waals surface area contributed by atoms with Gasteiger partial charge in [-0.15, -0.1) is 0 Å². The number of nitrogens with zero attached hydrogens (tertiary/aromatic N) is 2. The van der Waals surface area contributed by atoms with E-state index in [1.54, 1.807) is 0 Å². The van der Waals surface area contributed by atoms with Crippen LogP contribution in [0.15, 0.2) is 65.7 Å². The first-order valence-electron chi connectivity index (χ1n) is 12.4. The van der Waals surface area contributed by atoms with E-state index in [-0.39, 0.29) is 23.5 Å². The van der Waals surface area contributed by atoms with Crippen LogP contribution in [0.25, 0.3) is 11.3 Å². The van der Waals surface area contributed by atoms with Gasteiger partial charge in [0.25, 0.3) is 0 Å². The lowest BCUT2D eigenvalue weighted by atomic mass is 9.75. The van der Waals surface area contributed by atoms with Gasteiger partial charge in [0.15, 0.2) is 6.29 Å². The highest BCUT2D eigenvalue weighted by Gasteiger charge is 2.38. The number of rotatable bonds is 5. The van der Waals surface area contributed by atoms with Crippen LogP contribution < -0.4 is 10.6 Å². The minimum atomic E-state index is -0.0292. The fourth-order valence-electron chi connectivity index (χ4n) is 5.15. The summed E-state index contributed by atoms with van der Waals surface area (Å²) in [6.45, 7) is 17.0. The van der Waals surface area contributed by atoms with Crippen LogP contribution >= 0.6 is 0 Å². The molecule has 0 spiro atoms. The van der Waals surface area contributed by atoms with Crippen molar-refractivity contribution in [1.29, 1.82) is 0 Å². The van der Waals surface area contributed by atoms with Crippen molar-refractivity contribution in [3.05, 3.63) is 82.9 Å². The second-order valence-corrected chi connectivity index (χ2v) is 10.9. The van der Waals surface area contributed by atoms with E-state index in [2.05, 4.69) is 80.8 Å². The number of aliphatic hydroxyl groups excluding tert-OH is 1. The zero-order chi connectivity index (χ0) is 24.2. The monoisotopic (exact) mass is 456 g/mol. The number of hydrogen-bond donors (Lipinski definition) is 3. The Balaban J connectivity index is 1.55. The molecule has 3 heterocycles. The van der Waals surface area contributed by atoms with Crippen LogP contribution in [0.4, 0.5) is 0 Å². The smallest absolute Gasteiger partial charge is 0.173 e. The van der Waals surface area contributed by atoms with E-state index < -0.39 is 0 Å². The summed E-state index contributed by atoms with van der Waals surface area (Å²) in [5.41, 5.74) is 8.95. The SMILES string of the molecule is C=C(O)C1=CN2C(=CC1=C)c1cc(CC)c(C3=CNC(NC4CC4)N=C3)cc1CC2C(C)(C)C. The summed E-state index contributed by atoms with van der Waals surface area (Å²) in [6.07, 6.45) is 12.6. The van der Waals surface area contributed by atoms with E-state index in [1.807, 2.05) is 12.4 Å². The average Bonchev–Trinajstić information content (AvgIpc) is 3.61. The van der Waals surface area contributed by atoms with Crippen molar-refractivity contribution in [3.8, 4) is 0 Å². The van der Waals surface area contributed by atoms with Gasteiger partial charge in [-0.1, -0.05) is 46.9 Å². The largest absolute Gasteiger partial charge is 0.508 e. The van der Waals surface area contributed by atoms with Crippen molar-refractivity contribution < 1.29 is 5.11 Å². The van der Waals surface area contributed by atoms with Gasteiger partial charge in [0, 0.05) is 53.1 Å². The molecule has 1 aliphatic carbocycles. The Labute approximate surface area is 203 Å². The van der Waals surface area contributed by atoms with E-state index in [0.717, 1.165) is 29.7 Å². The first kappa shape index (κ1) is 22.7. The van der Waals surface area contributed by atoms with Crippen LogP contribution in [0.1, 0.15) is 62.8 Å². The highest BCUT2D eigenvalue weighted by atomic mass is 16.3. The van der Waals surface area contributed by atoms with Crippen LogP contribution in [0.3, 0.4) is 0 Å². The summed E-state index contributed by atoms with van der Waals surface area (Å²) >= 11 is 0. The van der Waals surface area contributed by atoms with Crippen molar-refractivity contribution in [2.45, 2.75) is 71.8 Å².